The summed E-state index contributed by atoms with van der Waals surface area (Å²) in [6.45, 7) is 10.1. The van der Waals surface area contributed by atoms with Crippen LogP contribution in [0, 0.1) is 0 Å². The molecule has 0 saturated heterocycles. The number of hydrogen-bond donors (Lipinski definition) is 1. The molecule has 0 radical (unpaired) electrons. The minimum atomic E-state index is -0.434. The second-order valence-corrected chi connectivity index (χ2v) is 5.60. The number of aryl methyl sites for hydroxylation is 2. The predicted molar refractivity (Wildman–Crippen MR) is 79.5 cm³/mol. The first kappa shape index (κ1) is 15.5. The van der Waals surface area contributed by atoms with Crippen LogP contribution in [0.3, 0.4) is 0 Å². The second-order valence-electron chi connectivity index (χ2n) is 5.60. The van der Waals surface area contributed by atoms with Crippen LogP contribution in [-0.4, -0.2) is 18.1 Å². The van der Waals surface area contributed by atoms with Crippen molar-refractivity contribution in [2.24, 2.45) is 0 Å². The molecule has 0 aliphatic heterocycles. The molecule has 19 heavy (non-hydrogen) atoms. The highest BCUT2D eigenvalue weighted by atomic mass is 16.6. The molecule has 0 spiro atoms. The van der Waals surface area contributed by atoms with Gasteiger partial charge in [0.1, 0.15) is 12.1 Å². The van der Waals surface area contributed by atoms with Crippen LogP contribution in [0.1, 0.15) is 45.7 Å². The number of esters is 1. The maximum Gasteiger partial charge on any atom is 0.325 e. The SMILES string of the molecule is CCc1cccc(CC)c1NCC(=O)OC(C)(C)C. The Kier molecular flexibility index (Phi) is 5.40. The Morgan fingerprint density at radius 2 is 1.68 bits per heavy atom. The third kappa shape index (κ3) is 4.93. The molecule has 0 atom stereocenters. The van der Waals surface area contributed by atoms with Gasteiger partial charge in [-0.1, -0.05) is 32.0 Å². The van der Waals surface area contributed by atoms with Gasteiger partial charge in [-0.05, 0) is 44.7 Å². The lowest BCUT2D eigenvalue weighted by atomic mass is 10.0. The fourth-order valence-corrected chi connectivity index (χ4v) is 2.01. The van der Waals surface area contributed by atoms with Gasteiger partial charge < -0.3 is 10.1 Å². The van der Waals surface area contributed by atoms with Gasteiger partial charge >= 0.3 is 5.97 Å². The number of hydrogen-bond acceptors (Lipinski definition) is 3. The molecule has 0 saturated carbocycles. The van der Waals surface area contributed by atoms with Gasteiger partial charge in [0, 0.05) is 5.69 Å². The van der Waals surface area contributed by atoms with Gasteiger partial charge in [-0.2, -0.15) is 0 Å². The third-order valence-electron chi connectivity index (χ3n) is 2.83. The quantitative estimate of drug-likeness (QED) is 0.825. The molecule has 1 aromatic rings. The molecular weight excluding hydrogens is 238 g/mol. The number of nitrogens with one attached hydrogen (secondary N) is 1. The number of benzene rings is 1. The highest BCUT2D eigenvalue weighted by Gasteiger charge is 2.16. The minimum Gasteiger partial charge on any atom is -0.459 e. The molecule has 3 heteroatoms. The monoisotopic (exact) mass is 263 g/mol. The Morgan fingerprint density at radius 1 is 1.16 bits per heavy atom. The van der Waals surface area contributed by atoms with Crippen LogP contribution in [0.25, 0.3) is 0 Å². The van der Waals surface area contributed by atoms with Gasteiger partial charge in [-0.15, -0.1) is 0 Å². The fourth-order valence-electron chi connectivity index (χ4n) is 2.01. The predicted octanol–water partition coefficient (Wildman–Crippen LogP) is 3.57. The number of ether oxygens (including phenoxy) is 1. The van der Waals surface area contributed by atoms with E-state index in [-0.39, 0.29) is 12.5 Å². The molecule has 0 aliphatic carbocycles. The molecule has 106 valence electrons. The minimum absolute atomic E-state index is 0.210. The third-order valence-corrected chi connectivity index (χ3v) is 2.83. The molecule has 1 rings (SSSR count). The number of carbonyl (C=O) groups is 1. The number of carbonyl (C=O) groups excluding carboxylic acids is 1. The van der Waals surface area contributed by atoms with Crippen molar-refractivity contribution in [2.75, 3.05) is 11.9 Å². The first-order chi connectivity index (χ1) is 8.87. The van der Waals surface area contributed by atoms with Gasteiger partial charge in [-0.3, -0.25) is 4.79 Å². The van der Waals surface area contributed by atoms with Crippen molar-refractivity contribution in [3.05, 3.63) is 29.3 Å². The van der Waals surface area contributed by atoms with Gasteiger partial charge in [-0.25, -0.2) is 0 Å². The Morgan fingerprint density at radius 3 is 2.11 bits per heavy atom. The summed E-state index contributed by atoms with van der Waals surface area (Å²) in [4.78, 5) is 11.7. The number of anilines is 1. The van der Waals surface area contributed by atoms with E-state index in [2.05, 4.69) is 37.4 Å². The molecule has 0 fully saturated rings. The van der Waals surface area contributed by atoms with Crippen molar-refractivity contribution in [1.29, 1.82) is 0 Å². The number of rotatable bonds is 5. The summed E-state index contributed by atoms with van der Waals surface area (Å²) in [5.41, 5.74) is 3.13. The standard InChI is InChI=1S/C16H25NO2/c1-6-12-9-8-10-13(7-2)15(12)17-11-14(18)19-16(3,4)5/h8-10,17H,6-7,11H2,1-5H3. The zero-order chi connectivity index (χ0) is 14.5. The van der Waals surface area contributed by atoms with Crippen LogP contribution in [0.5, 0.6) is 0 Å². The van der Waals surface area contributed by atoms with E-state index in [1.54, 1.807) is 0 Å². The van der Waals surface area contributed by atoms with Crippen LogP contribution in [0.15, 0.2) is 18.2 Å². The van der Waals surface area contributed by atoms with Crippen LogP contribution in [-0.2, 0) is 22.4 Å². The Hall–Kier alpha value is -1.51. The molecular formula is C16H25NO2. The van der Waals surface area contributed by atoms with Crippen molar-refractivity contribution < 1.29 is 9.53 Å². The van der Waals surface area contributed by atoms with Crippen molar-refractivity contribution >= 4 is 11.7 Å². The topological polar surface area (TPSA) is 38.3 Å². The zero-order valence-electron chi connectivity index (χ0n) is 12.7. The highest BCUT2D eigenvalue weighted by molar-refractivity contribution is 5.76. The van der Waals surface area contributed by atoms with Crippen molar-refractivity contribution in [3.63, 3.8) is 0 Å². The van der Waals surface area contributed by atoms with E-state index in [0.717, 1.165) is 18.5 Å². The summed E-state index contributed by atoms with van der Waals surface area (Å²) >= 11 is 0. The van der Waals surface area contributed by atoms with Crippen LogP contribution >= 0.6 is 0 Å². The van der Waals surface area contributed by atoms with Crippen molar-refractivity contribution in [3.8, 4) is 0 Å². The van der Waals surface area contributed by atoms with E-state index in [4.69, 9.17) is 4.74 Å². The van der Waals surface area contributed by atoms with Crippen LogP contribution in [0.2, 0.25) is 0 Å². The molecule has 1 N–H and O–H groups in total. The molecule has 0 amide bonds. The molecule has 0 unspecified atom stereocenters. The average Bonchev–Trinajstić information content (AvgIpc) is 2.33. The summed E-state index contributed by atoms with van der Waals surface area (Å²) in [7, 11) is 0. The fraction of sp³-hybridized carbons (Fsp3) is 0.562. The van der Waals surface area contributed by atoms with Gasteiger partial charge in [0.15, 0.2) is 0 Å². The van der Waals surface area contributed by atoms with Crippen LogP contribution in [0.4, 0.5) is 5.69 Å². The van der Waals surface area contributed by atoms with E-state index in [1.165, 1.54) is 11.1 Å². The molecule has 0 aliphatic rings. The largest absolute Gasteiger partial charge is 0.459 e. The first-order valence-corrected chi connectivity index (χ1v) is 6.93. The molecule has 0 aromatic heterocycles. The van der Waals surface area contributed by atoms with E-state index < -0.39 is 5.60 Å². The zero-order valence-corrected chi connectivity index (χ0v) is 12.7. The van der Waals surface area contributed by atoms with Gasteiger partial charge in [0.25, 0.3) is 0 Å². The Labute approximate surface area is 116 Å². The lowest BCUT2D eigenvalue weighted by Crippen LogP contribution is -2.28. The lowest BCUT2D eigenvalue weighted by Gasteiger charge is -2.21. The maximum atomic E-state index is 11.7. The smallest absolute Gasteiger partial charge is 0.325 e. The summed E-state index contributed by atoms with van der Waals surface area (Å²) in [5.74, 6) is -0.222. The van der Waals surface area contributed by atoms with E-state index in [9.17, 15) is 4.79 Å². The Balaban J connectivity index is 2.74. The van der Waals surface area contributed by atoms with Crippen molar-refractivity contribution in [1.82, 2.24) is 0 Å². The molecule has 0 bridgehead atoms. The molecule has 0 heterocycles. The van der Waals surface area contributed by atoms with E-state index in [0.29, 0.717) is 0 Å². The maximum absolute atomic E-state index is 11.7. The Bertz CT molecular complexity index is 411. The van der Waals surface area contributed by atoms with Gasteiger partial charge in [0.2, 0.25) is 0 Å². The average molecular weight is 263 g/mol. The van der Waals surface area contributed by atoms with E-state index >= 15 is 0 Å². The summed E-state index contributed by atoms with van der Waals surface area (Å²) in [5, 5.41) is 3.23. The summed E-state index contributed by atoms with van der Waals surface area (Å²) < 4.78 is 5.31. The molecule has 1 aromatic carbocycles. The molecule has 3 nitrogen and oxygen atoms in total. The highest BCUT2D eigenvalue weighted by Crippen LogP contribution is 2.22. The van der Waals surface area contributed by atoms with Crippen LogP contribution < -0.4 is 5.32 Å². The van der Waals surface area contributed by atoms with Crippen molar-refractivity contribution in [2.45, 2.75) is 53.1 Å². The van der Waals surface area contributed by atoms with E-state index in [1.807, 2.05) is 20.8 Å². The van der Waals surface area contributed by atoms with Gasteiger partial charge in [0.05, 0.1) is 0 Å². The summed E-state index contributed by atoms with van der Waals surface area (Å²) in [6.07, 6.45) is 1.90. The first-order valence-electron chi connectivity index (χ1n) is 6.93. The lowest BCUT2D eigenvalue weighted by molar-refractivity contribution is -0.152. The second kappa shape index (κ2) is 6.60. The normalized spacial score (nSPS) is 11.2. The summed E-state index contributed by atoms with van der Waals surface area (Å²) in [6, 6.07) is 6.25. The number of para-hydroxylation sites is 1.